The van der Waals surface area contributed by atoms with Crippen molar-refractivity contribution in [3.63, 3.8) is 0 Å². The molecule has 9 nitrogen and oxygen atoms in total. The van der Waals surface area contributed by atoms with Gasteiger partial charge in [0.25, 0.3) is 5.91 Å². The van der Waals surface area contributed by atoms with Crippen LogP contribution >= 0.6 is 11.8 Å². The smallest absolute Gasteiger partial charge is 0.270 e. The minimum absolute atomic E-state index is 0.198. The molecular formula is C22H20N4O5S. The van der Waals surface area contributed by atoms with Crippen LogP contribution in [0.3, 0.4) is 0 Å². The minimum atomic E-state index is -1.42. The van der Waals surface area contributed by atoms with Crippen molar-refractivity contribution in [3.05, 3.63) is 54.1 Å². The van der Waals surface area contributed by atoms with Gasteiger partial charge in [0, 0.05) is 19.4 Å². The molecule has 0 unspecified atom stereocenters. The van der Waals surface area contributed by atoms with Crippen molar-refractivity contribution in [2.24, 2.45) is 5.10 Å². The van der Waals surface area contributed by atoms with E-state index in [0.29, 0.717) is 22.7 Å². The van der Waals surface area contributed by atoms with Crippen LogP contribution in [0.25, 0.3) is 0 Å². The topological polar surface area (TPSA) is 101 Å². The predicted octanol–water partition coefficient (Wildman–Crippen LogP) is 2.03. The molecule has 0 saturated heterocycles. The van der Waals surface area contributed by atoms with E-state index >= 15 is 0 Å². The third-order valence-electron chi connectivity index (χ3n) is 5.36. The molecule has 0 aromatic heterocycles. The Morgan fingerprint density at radius 1 is 1.16 bits per heavy atom. The Kier molecular flexibility index (Phi) is 4.81. The summed E-state index contributed by atoms with van der Waals surface area (Å²) in [6.07, 6.45) is -0.398. The zero-order chi connectivity index (χ0) is 22.5. The Balaban J connectivity index is 1.49. The SMILES string of the molecule is CC(=O)NC1=NN(C(C)=O)[C@]2(S1)C(=O)N(C[C@H]1COc3ccccc3O1)c1ccccc12. The molecule has 3 aliphatic rings. The van der Waals surface area contributed by atoms with Crippen molar-refractivity contribution in [1.82, 2.24) is 10.3 Å². The highest BCUT2D eigenvalue weighted by Gasteiger charge is 2.61. The third kappa shape index (κ3) is 3.10. The standard InChI is InChI=1S/C22H20N4O5S/c1-13(27)23-21-24-26(14(2)28)22(32-21)16-7-3-4-8-17(16)25(20(22)29)11-15-12-30-18-9-5-6-10-19(18)31-15/h3-10,15H,11-12H2,1-2H3,(H,23,24,27)/t15-,22+/m0/s1. The Hall–Kier alpha value is -3.53. The molecule has 1 N–H and O–H groups in total. The Labute approximate surface area is 188 Å². The van der Waals surface area contributed by atoms with E-state index < -0.39 is 16.9 Å². The van der Waals surface area contributed by atoms with Crippen molar-refractivity contribution in [2.75, 3.05) is 18.1 Å². The number of carbonyl (C=O) groups is 3. The number of anilines is 1. The van der Waals surface area contributed by atoms with E-state index in [4.69, 9.17) is 9.47 Å². The number of amidine groups is 1. The number of thioether (sulfide) groups is 1. The number of fused-ring (bicyclic) bond motifs is 3. The lowest BCUT2D eigenvalue weighted by Gasteiger charge is -2.32. The van der Waals surface area contributed by atoms with E-state index in [-0.39, 0.29) is 30.1 Å². The Morgan fingerprint density at radius 3 is 2.62 bits per heavy atom. The number of nitrogens with zero attached hydrogens (tertiary/aromatic N) is 3. The van der Waals surface area contributed by atoms with Crippen LogP contribution in [0.15, 0.2) is 53.6 Å². The van der Waals surface area contributed by atoms with E-state index in [0.717, 1.165) is 16.8 Å². The van der Waals surface area contributed by atoms with Gasteiger partial charge >= 0.3 is 0 Å². The Bertz CT molecular complexity index is 1170. The lowest BCUT2D eigenvalue weighted by atomic mass is 10.1. The molecule has 0 saturated carbocycles. The number of hydrogen-bond donors (Lipinski definition) is 1. The summed E-state index contributed by atoms with van der Waals surface area (Å²) in [6.45, 7) is 3.21. The van der Waals surface area contributed by atoms with Crippen molar-refractivity contribution in [2.45, 2.75) is 24.8 Å². The van der Waals surface area contributed by atoms with E-state index in [9.17, 15) is 14.4 Å². The second kappa shape index (κ2) is 7.56. The maximum atomic E-state index is 13.9. The van der Waals surface area contributed by atoms with Gasteiger partial charge in [0.15, 0.2) is 22.8 Å². The van der Waals surface area contributed by atoms with Gasteiger partial charge in [0.05, 0.1) is 12.2 Å². The molecule has 164 valence electrons. The molecule has 3 amide bonds. The maximum absolute atomic E-state index is 13.9. The highest BCUT2D eigenvalue weighted by Crippen LogP contribution is 2.54. The number of benzene rings is 2. The number of amides is 3. The van der Waals surface area contributed by atoms with Gasteiger partial charge in [-0.05, 0) is 30.0 Å². The number of hydrogen-bond acceptors (Lipinski definition) is 7. The van der Waals surface area contributed by atoms with Gasteiger partial charge in [-0.15, -0.1) is 5.10 Å². The fraction of sp³-hybridized carbons (Fsp3) is 0.273. The molecule has 0 aliphatic carbocycles. The lowest BCUT2D eigenvalue weighted by Crippen LogP contribution is -2.51. The first-order valence-corrected chi connectivity index (χ1v) is 10.9. The maximum Gasteiger partial charge on any atom is 0.270 e. The molecule has 2 aromatic carbocycles. The van der Waals surface area contributed by atoms with E-state index in [2.05, 4.69) is 10.4 Å². The highest BCUT2D eigenvalue weighted by molar-refractivity contribution is 8.15. The molecule has 0 radical (unpaired) electrons. The van der Waals surface area contributed by atoms with Crippen LogP contribution < -0.4 is 19.7 Å². The summed E-state index contributed by atoms with van der Waals surface area (Å²) in [7, 11) is 0. The summed E-state index contributed by atoms with van der Waals surface area (Å²) in [4.78, 5) is 38.2. The predicted molar refractivity (Wildman–Crippen MR) is 118 cm³/mol. The number of ether oxygens (including phenoxy) is 2. The quantitative estimate of drug-likeness (QED) is 0.748. The summed E-state index contributed by atoms with van der Waals surface area (Å²) >= 11 is 1.05. The van der Waals surface area contributed by atoms with Crippen LogP contribution in [0, 0.1) is 0 Å². The van der Waals surface area contributed by atoms with E-state index in [1.807, 2.05) is 42.5 Å². The summed E-state index contributed by atoms with van der Waals surface area (Å²) in [5, 5.41) is 8.20. The van der Waals surface area contributed by atoms with Gasteiger partial charge in [0.2, 0.25) is 16.7 Å². The van der Waals surface area contributed by atoms with Crippen molar-refractivity contribution in [1.29, 1.82) is 0 Å². The molecule has 2 atom stereocenters. The van der Waals surface area contributed by atoms with Crippen LogP contribution in [0.5, 0.6) is 11.5 Å². The number of carbonyl (C=O) groups excluding carboxylic acids is 3. The average Bonchev–Trinajstić information content (AvgIpc) is 3.26. The Morgan fingerprint density at radius 2 is 1.88 bits per heavy atom. The van der Waals surface area contributed by atoms with Gasteiger partial charge in [-0.2, -0.15) is 5.01 Å². The largest absolute Gasteiger partial charge is 0.486 e. The minimum Gasteiger partial charge on any atom is -0.486 e. The molecule has 3 aliphatic heterocycles. The van der Waals surface area contributed by atoms with Crippen LogP contribution in [-0.4, -0.2) is 47.2 Å². The number of nitrogens with one attached hydrogen (secondary N) is 1. The molecule has 1 spiro atoms. The van der Waals surface area contributed by atoms with Gasteiger partial charge in [0.1, 0.15) is 6.61 Å². The first-order valence-electron chi connectivity index (χ1n) is 10.1. The first-order chi connectivity index (χ1) is 15.4. The van der Waals surface area contributed by atoms with Crippen LogP contribution in [-0.2, 0) is 19.3 Å². The first kappa shape index (κ1) is 20.4. The van der Waals surface area contributed by atoms with Crippen molar-refractivity contribution >= 4 is 40.3 Å². The number of hydrazone groups is 1. The normalized spacial score (nSPS) is 23.2. The third-order valence-corrected chi connectivity index (χ3v) is 6.60. The van der Waals surface area contributed by atoms with Gasteiger partial charge in [-0.25, -0.2) is 0 Å². The van der Waals surface area contributed by atoms with Crippen LogP contribution in [0.4, 0.5) is 5.69 Å². The summed E-state index contributed by atoms with van der Waals surface area (Å²) in [5.41, 5.74) is 1.30. The van der Waals surface area contributed by atoms with Gasteiger partial charge in [-0.3, -0.25) is 14.4 Å². The lowest BCUT2D eigenvalue weighted by molar-refractivity contribution is -0.139. The average molecular weight is 452 g/mol. The van der Waals surface area contributed by atoms with Gasteiger partial charge in [-0.1, -0.05) is 30.3 Å². The summed E-state index contributed by atoms with van der Waals surface area (Å²) < 4.78 is 11.9. The second-order valence-electron chi connectivity index (χ2n) is 7.59. The highest BCUT2D eigenvalue weighted by atomic mass is 32.2. The molecule has 32 heavy (non-hydrogen) atoms. The molecule has 0 bridgehead atoms. The van der Waals surface area contributed by atoms with Crippen molar-refractivity contribution < 1.29 is 23.9 Å². The molecule has 0 fully saturated rings. The molecule has 2 aromatic rings. The van der Waals surface area contributed by atoms with Gasteiger partial charge < -0.3 is 19.7 Å². The zero-order valence-corrected chi connectivity index (χ0v) is 18.2. The monoisotopic (exact) mass is 452 g/mol. The molecule has 3 heterocycles. The number of para-hydroxylation sites is 3. The number of rotatable bonds is 2. The van der Waals surface area contributed by atoms with E-state index in [1.165, 1.54) is 13.8 Å². The summed E-state index contributed by atoms with van der Waals surface area (Å²) in [5.74, 6) is 0.212. The molecular weight excluding hydrogens is 432 g/mol. The second-order valence-corrected chi connectivity index (χ2v) is 8.78. The fourth-order valence-electron chi connectivity index (χ4n) is 4.10. The van der Waals surface area contributed by atoms with E-state index in [1.54, 1.807) is 11.0 Å². The summed E-state index contributed by atoms with van der Waals surface area (Å²) in [6, 6.07) is 14.6. The molecule has 5 rings (SSSR count). The van der Waals surface area contributed by atoms with Crippen LogP contribution in [0.2, 0.25) is 0 Å². The van der Waals surface area contributed by atoms with Crippen LogP contribution in [0.1, 0.15) is 19.4 Å². The van der Waals surface area contributed by atoms with Crippen molar-refractivity contribution in [3.8, 4) is 11.5 Å². The fourth-order valence-corrected chi connectivity index (χ4v) is 5.44. The zero-order valence-electron chi connectivity index (χ0n) is 17.4. The molecule has 10 heteroatoms.